The fraction of sp³-hybridized carbons (Fsp3) is 0.692. The minimum absolute atomic E-state index is 0.118. The summed E-state index contributed by atoms with van der Waals surface area (Å²) >= 11 is 0. The number of fused-ring (bicyclic) bond motifs is 2. The van der Waals surface area contributed by atoms with E-state index >= 15 is 0 Å². The molecule has 104 valence electrons. The number of esters is 1. The van der Waals surface area contributed by atoms with Crippen molar-refractivity contribution < 1.29 is 19.4 Å². The van der Waals surface area contributed by atoms with Crippen LogP contribution >= 0.6 is 0 Å². The molecule has 0 spiro atoms. The van der Waals surface area contributed by atoms with Gasteiger partial charge in [0.05, 0.1) is 13.2 Å². The SMILES string of the molecule is COC(=O)[C@@H]1CC[C@@H]2C=C[C@H]3CCN[C@]3(O)C(=O)N21. The van der Waals surface area contributed by atoms with Gasteiger partial charge in [0, 0.05) is 5.92 Å². The van der Waals surface area contributed by atoms with Gasteiger partial charge in [-0.05, 0) is 25.8 Å². The number of nitrogens with zero attached hydrogens (tertiary/aromatic N) is 1. The topological polar surface area (TPSA) is 78.9 Å². The molecule has 2 N–H and O–H groups in total. The molecule has 1 amide bonds. The van der Waals surface area contributed by atoms with Crippen LogP contribution in [0.2, 0.25) is 0 Å². The van der Waals surface area contributed by atoms with Gasteiger partial charge in [0.2, 0.25) is 5.72 Å². The monoisotopic (exact) mass is 266 g/mol. The predicted molar refractivity (Wildman–Crippen MR) is 65.9 cm³/mol. The van der Waals surface area contributed by atoms with E-state index in [0.29, 0.717) is 13.0 Å². The van der Waals surface area contributed by atoms with Gasteiger partial charge in [-0.2, -0.15) is 0 Å². The number of carbonyl (C=O) groups excluding carboxylic acids is 2. The smallest absolute Gasteiger partial charge is 0.328 e. The first kappa shape index (κ1) is 12.6. The van der Waals surface area contributed by atoms with E-state index in [9.17, 15) is 14.7 Å². The number of carbonyl (C=O) groups is 2. The second-order valence-electron chi connectivity index (χ2n) is 5.37. The van der Waals surface area contributed by atoms with Gasteiger partial charge in [-0.1, -0.05) is 12.2 Å². The van der Waals surface area contributed by atoms with Crippen molar-refractivity contribution in [2.45, 2.75) is 37.1 Å². The van der Waals surface area contributed by atoms with E-state index < -0.39 is 23.6 Å². The molecule has 3 aliphatic rings. The maximum absolute atomic E-state index is 12.6. The Bertz CT molecular complexity index is 450. The molecule has 0 saturated carbocycles. The van der Waals surface area contributed by atoms with Gasteiger partial charge >= 0.3 is 5.97 Å². The molecule has 0 unspecified atom stereocenters. The van der Waals surface area contributed by atoms with Crippen molar-refractivity contribution in [2.24, 2.45) is 5.92 Å². The zero-order chi connectivity index (χ0) is 13.6. The highest BCUT2D eigenvalue weighted by Crippen LogP contribution is 2.37. The molecule has 19 heavy (non-hydrogen) atoms. The van der Waals surface area contributed by atoms with Gasteiger partial charge in [-0.25, -0.2) is 4.79 Å². The zero-order valence-electron chi connectivity index (χ0n) is 10.8. The minimum atomic E-state index is -1.57. The predicted octanol–water partition coefficient (Wildman–Crippen LogP) is -0.613. The first-order chi connectivity index (χ1) is 9.08. The van der Waals surface area contributed by atoms with Gasteiger partial charge in [0.25, 0.3) is 5.91 Å². The van der Waals surface area contributed by atoms with Gasteiger partial charge in [0.15, 0.2) is 0 Å². The van der Waals surface area contributed by atoms with Gasteiger partial charge in [0.1, 0.15) is 6.04 Å². The standard InChI is InChI=1S/C13H18N2O4/c1-19-11(16)10-5-4-9-3-2-8-6-7-14-13(8,18)12(17)15(9)10/h2-3,8-10,14,18H,4-7H2,1H3/t8-,9-,10-,13+/m0/s1. The third-order valence-electron chi connectivity index (χ3n) is 4.41. The highest BCUT2D eigenvalue weighted by Gasteiger charge is 2.54. The number of amides is 1. The Kier molecular flexibility index (Phi) is 2.87. The van der Waals surface area contributed by atoms with E-state index in [0.717, 1.165) is 12.8 Å². The lowest BCUT2D eigenvalue weighted by molar-refractivity contribution is -0.164. The zero-order valence-corrected chi connectivity index (χ0v) is 10.8. The van der Waals surface area contributed by atoms with Crippen molar-refractivity contribution >= 4 is 11.9 Å². The highest BCUT2D eigenvalue weighted by molar-refractivity contribution is 5.91. The van der Waals surface area contributed by atoms with Gasteiger partial charge < -0.3 is 14.7 Å². The molecule has 3 aliphatic heterocycles. The van der Waals surface area contributed by atoms with Crippen LogP contribution in [-0.4, -0.2) is 53.3 Å². The van der Waals surface area contributed by atoms with E-state index in [1.165, 1.54) is 12.0 Å². The molecular weight excluding hydrogens is 248 g/mol. The van der Waals surface area contributed by atoms with Crippen molar-refractivity contribution in [3.05, 3.63) is 12.2 Å². The molecule has 3 heterocycles. The Morgan fingerprint density at radius 3 is 3.00 bits per heavy atom. The van der Waals surface area contributed by atoms with Crippen molar-refractivity contribution in [2.75, 3.05) is 13.7 Å². The second-order valence-corrected chi connectivity index (χ2v) is 5.37. The molecule has 0 aromatic heterocycles. The quantitative estimate of drug-likeness (QED) is 0.489. The molecule has 6 nitrogen and oxygen atoms in total. The van der Waals surface area contributed by atoms with E-state index in [4.69, 9.17) is 4.74 Å². The van der Waals surface area contributed by atoms with Crippen LogP contribution in [0.25, 0.3) is 0 Å². The van der Waals surface area contributed by atoms with Crippen molar-refractivity contribution in [1.82, 2.24) is 10.2 Å². The summed E-state index contributed by atoms with van der Waals surface area (Å²) in [5.74, 6) is -1.04. The summed E-state index contributed by atoms with van der Waals surface area (Å²) in [5.41, 5.74) is -1.57. The Balaban J connectivity index is 1.96. The van der Waals surface area contributed by atoms with Crippen LogP contribution in [0, 0.1) is 5.92 Å². The molecule has 2 saturated heterocycles. The first-order valence-electron chi connectivity index (χ1n) is 6.64. The molecule has 4 atom stereocenters. The van der Waals surface area contributed by atoms with E-state index in [1.807, 2.05) is 12.2 Å². The highest BCUT2D eigenvalue weighted by atomic mass is 16.5. The number of hydrogen-bond acceptors (Lipinski definition) is 5. The molecule has 0 aromatic carbocycles. The molecule has 2 fully saturated rings. The van der Waals surface area contributed by atoms with E-state index in [1.54, 1.807) is 0 Å². The molecule has 0 bridgehead atoms. The lowest BCUT2D eigenvalue weighted by Crippen LogP contribution is -2.60. The molecule has 3 rings (SSSR count). The summed E-state index contributed by atoms with van der Waals surface area (Å²) in [5, 5.41) is 13.4. The van der Waals surface area contributed by atoms with Crippen LogP contribution < -0.4 is 5.32 Å². The Hall–Kier alpha value is -1.40. The maximum atomic E-state index is 12.6. The van der Waals surface area contributed by atoms with Gasteiger partial charge in [-0.15, -0.1) is 0 Å². The minimum Gasteiger partial charge on any atom is -0.467 e. The lowest BCUT2D eigenvalue weighted by atomic mass is 9.95. The van der Waals surface area contributed by atoms with E-state index in [-0.39, 0.29) is 12.0 Å². The summed E-state index contributed by atoms with van der Waals surface area (Å²) in [7, 11) is 1.32. The third-order valence-corrected chi connectivity index (χ3v) is 4.41. The molecule has 0 radical (unpaired) electrons. The van der Waals surface area contributed by atoms with Crippen LogP contribution in [-0.2, 0) is 14.3 Å². The van der Waals surface area contributed by atoms with Crippen molar-refractivity contribution in [3.63, 3.8) is 0 Å². The second kappa shape index (κ2) is 4.31. The Morgan fingerprint density at radius 2 is 2.26 bits per heavy atom. The number of hydrogen-bond donors (Lipinski definition) is 2. The number of nitrogens with one attached hydrogen (secondary N) is 1. The number of rotatable bonds is 1. The Labute approximate surface area is 111 Å². The molecule has 6 heteroatoms. The summed E-state index contributed by atoms with van der Waals surface area (Å²) in [4.78, 5) is 25.9. The first-order valence-corrected chi connectivity index (χ1v) is 6.64. The summed E-state index contributed by atoms with van der Waals surface area (Å²) in [6.07, 6.45) is 5.87. The molecular formula is C13H18N2O4. The van der Waals surface area contributed by atoms with E-state index in [2.05, 4.69) is 5.32 Å². The van der Waals surface area contributed by atoms with Crippen LogP contribution in [0.15, 0.2) is 12.2 Å². The number of aliphatic hydroxyl groups is 1. The lowest BCUT2D eigenvalue weighted by Gasteiger charge is -2.33. The van der Waals surface area contributed by atoms with Gasteiger partial charge in [-0.3, -0.25) is 10.1 Å². The number of ether oxygens (including phenoxy) is 1. The summed E-state index contributed by atoms with van der Waals surface area (Å²) in [6.45, 7) is 0.596. The molecule has 0 aliphatic carbocycles. The van der Waals surface area contributed by atoms with Crippen molar-refractivity contribution in [1.29, 1.82) is 0 Å². The fourth-order valence-corrected chi connectivity index (χ4v) is 3.37. The molecule has 0 aromatic rings. The summed E-state index contributed by atoms with van der Waals surface area (Å²) < 4.78 is 4.76. The Morgan fingerprint density at radius 1 is 1.47 bits per heavy atom. The largest absolute Gasteiger partial charge is 0.467 e. The van der Waals surface area contributed by atoms with Crippen LogP contribution in [0.1, 0.15) is 19.3 Å². The average Bonchev–Trinajstić information content (AvgIpc) is 2.97. The maximum Gasteiger partial charge on any atom is 0.328 e. The summed E-state index contributed by atoms with van der Waals surface area (Å²) in [6, 6.07) is -0.703. The van der Waals surface area contributed by atoms with Crippen LogP contribution in [0.4, 0.5) is 0 Å². The third kappa shape index (κ3) is 1.70. The van der Waals surface area contributed by atoms with Crippen LogP contribution in [0.3, 0.4) is 0 Å². The van der Waals surface area contributed by atoms with Crippen LogP contribution in [0.5, 0.6) is 0 Å². The fourth-order valence-electron chi connectivity index (χ4n) is 3.37. The normalized spacial score (nSPS) is 40.8. The number of methoxy groups -OCH3 is 1. The average molecular weight is 266 g/mol. The van der Waals surface area contributed by atoms with Crippen molar-refractivity contribution in [3.8, 4) is 0 Å².